The van der Waals surface area contributed by atoms with Gasteiger partial charge >= 0.3 is 6.18 Å². The lowest BCUT2D eigenvalue weighted by molar-refractivity contribution is -0.198. The monoisotopic (exact) mass is 284 g/mol. The van der Waals surface area contributed by atoms with Crippen molar-refractivity contribution in [3.63, 3.8) is 0 Å². The first-order valence-corrected chi connectivity index (χ1v) is 7.11. The van der Waals surface area contributed by atoms with Gasteiger partial charge in [0.05, 0.1) is 0 Å². The highest BCUT2D eigenvalue weighted by atomic mass is 19.4. The van der Waals surface area contributed by atoms with Crippen LogP contribution in [-0.4, -0.2) is 29.2 Å². The van der Waals surface area contributed by atoms with Gasteiger partial charge in [0, 0.05) is 18.1 Å². The lowest BCUT2D eigenvalue weighted by atomic mass is 9.93. The molecule has 2 nitrogen and oxygen atoms in total. The van der Waals surface area contributed by atoms with Gasteiger partial charge in [0.2, 0.25) is 0 Å². The van der Waals surface area contributed by atoms with E-state index in [4.69, 9.17) is 5.73 Å². The summed E-state index contributed by atoms with van der Waals surface area (Å²) in [4.78, 5) is 1.68. The molecular formula is C15H19F3N2. The van der Waals surface area contributed by atoms with E-state index in [0.29, 0.717) is 18.4 Å². The van der Waals surface area contributed by atoms with E-state index in [1.165, 1.54) is 0 Å². The number of hydrogen-bond donors (Lipinski definition) is 1. The van der Waals surface area contributed by atoms with Crippen LogP contribution in [0.5, 0.6) is 0 Å². The molecule has 0 aliphatic carbocycles. The Hall–Kier alpha value is -1.07. The molecule has 3 unspecified atom stereocenters. The third kappa shape index (κ3) is 2.44. The molecule has 1 aromatic rings. The van der Waals surface area contributed by atoms with E-state index in [-0.39, 0.29) is 18.1 Å². The minimum Gasteiger partial charge on any atom is -0.328 e. The van der Waals surface area contributed by atoms with Gasteiger partial charge in [0.15, 0.2) is 0 Å². The number of piperidine rings is 1. The molecule has 3 rings (SSSR count). The number of fused-ring (bicyclic) bond motifs is 2. The molecule has 2 heterocycles. The Bertz CT molecular complexity index is 446. The quantitative estimate of drug-likeness (QED) is 0.903. The Balaban J connectivity index is 1.95. The third-order valence-corrected chi connectivity index (χ3v) is 4.55. The van der Waals surface area contributed by atoms with Gasteiger partial charge in [-0.3, -0.25) is 4.90 Å². The van der Waals surface area contributed by atoms with E-state index in [1.807, 2.05) is 0 Å². The van der Waals surface area contributed by atoms with Gasteiger partial charge in [-0.25, -0.2) is 0 Å². The summed E-state index contributed by atoms with van der Waals surface area (Å²) in [6.45, 7) is 0. The fraction of sp³-hybridized carbons (Fsp3) is 0.600. The molecule has 0 aromatic heterocycles. The van der Waals surface area contributed by atoms with Crippen molar-refractivity contribution in [3.8, 4) is 0 Å². The molecule has 2 N–H and O–H groups in total. The molecule has 3 atom stereocenters. The zero-order valence-electron chi connectivity index (χ0n) is 11.2. The van der Waals surface area contributed by atoms with Crippen LogP contribution in [0, 0.1) is 0 Å². The number of hydrogen-bond acceptors (Lipinski definition) is 2. The third-order valence-electron chi connectivity index (χ3n) is 4.55. The van der Waals surface area contributed by atoms with Crippen molar-refractivity contribution in [2.24, 2.45) is 5.73 Å². The fourth-order valence-corrected chi connectivity index (χ4v) is 3.84. The van der Waals surface area contributed by atoms with Gasteiger partial charge in [0.1, 0.15) is 6.04 Å². The molecule has 110 valence electrons. The van der Waals surface area contributed by atoms with Crippen LogP contribution in [0.3, 0.4) is 0 Å². The molecule has 20 heavy (non-hydrogen) atoms. The van der Waals surface area contributed by atoms with Crippen LogP contribution < -0.4 is 5.73 Å². The summed E-state index contributed by atoms with van der Waals surface area (Å²) in [7, 11) is 0. The van der Waals surface area contributed by atoms with Gasteiger partial charge < -0.3 is 5.73 Å². The number of alkyl halides is 3. The maximum atomic E-state index is 13.6. The highest BCUT2D eigenvalue weighted by Gasteiger charge is 2.52. The zero-order chi connectivity index (χ0) is 14.3. The predicted molar refractivity (Wildman–Crippen MR) is 71.1 cm³/mol. The Morgan fingerprint density at radius 1 is 1.05 bits per heavy atom. The predicted octanol–water partition coefficient (Wildman–Crippen LogP) is 3.24. The summed E-state index contributed by atoms with van der Waals surface area (Å²) in [6.07, 6.45) is -1.23. The van der Waals surface area contributed by atoms with Gasteiger partial charge in [-0.2, -0.15) is 13.2 Å². The Morgan fingerprint density at radius 3 is 2.10 bits per heavy atom. The minimum atomic E-state index is -4.25. The van der Waals surface area contributed by atoms with E-state index >= 15 is 0 Å². The van der Waals surface area contributed by atoms with Crippen LogP contribution in [-0.2, 0) is 0 Å². The Morgan fingerprint density at radius 2 is 1.60 bits per heavy atom. The highest BCUT2D eigenvalue weighted by Crippen LogP contribution is 2.47. The summed E-state index contributed by atoms with van der Waals surface area (Å²) in [6, 6.07) is 6.74. The number of rotatable bonds is 2. The molecule has 2 aliphatic rings. The maximum Gasteiger partial charge on any atom is 0.408 e. The Kier molecular flexibility index (Phi) is 3.50. The standard InChI is InChI=1S/C15H19F3N2/c16-15(17,18)14(10-4-2-1-3-5-10)20-12-6-7-13(20)9-11(19)8-12/h1-5,11-14H,6-9,19H2. The van der Waals surface area contributed by atoms with Crippen molar-refractivity contribution < 1.29 is 13.2 Å². The molecule has 0 amide bonds. The van der Waals surface area contributed by atoms with Crippen molar-refractivity contribution in [2.75, 3.05) is 0 Å². The van der Waals surface area contributed by atoms with Gasteiger partial charge in [0.25, 0.3) is 0 Å². The maximum absolute atomic E-state index is 13.6. The molecular weight excluding hydrogens is 265 g/mol. The molecule has 2 fully saturated rings. The molecule has 2 bridgehead atoms. The zero-order valence-corrected chi connectivity index (χ0v) is 11.2. The lowest BCUT2D eigenvalue weighted by Gasteiger charge is -2.43. The average molecular weight is 284 g/mol. The summed E-state index contributed by atoms with van der Waals surface area (Å²) in [5.41, 5.74) is 6.30. The normalized spacial score (nSPS) is 32.3. The molecule has 0 spiro atoms. The van der Waals surface area contributed by atoms with Crippen molar-refractivity contribution >= 4 is 0 Å². The second-order valence-corrected chi connectivity index (χ2v) is 5.92. The molecule has 2 aliphatic heterocycles. The van der Waals surface area contributed by atoms with Crippen LogP contribution in [0.2, 0.25) is 0 Å². The van der Waals surface area contributed by atoms with E-state index in [2.05, 4.69) is 0 Å². The second kappa shape index (κ2) is 5.04. The average Bonchev–Trinajstić information content (AvgIpc) is 2.63. The summed E-state index contributed by atoms with van der Waals surface area (Å²) in [5.74, 6) is 0. The molecule has 1 aromatic carbocycles. The van der Waals surface area contributed by atoms with Crippen molar-refractivity contribution in [1.82, 2.24) is 4.90 Å². The topological polar surface area (TPSA) is 29.3 Å². The number of halogens is 3. The summed E-state index contributed by atoms with van der Waals surface area (Å²) < 4.78 is 40.8. The number of nitrogens with zero attached hydrogens (tertiary/aromatic N) is 1. The first-order valence-electron chi connectivity index (χ1n) is 7.11. The molecule has 5 heteroatoms. The lowest BCUT2D eigenvalue weighted by Crippen LogP contribution is -2.52. The largest absolute Gasteiger partial charge is 0.408 e. The van der Waals surface area contributed by atoms with Gasteiger partial charge in [-0.15, -0.1) is 0 Å². The molecule has 2 saturated heterocycles. The van der Waals surface area contributed by atoms with E-state index in [9.17, 15) is 13.2 Å². The molecule has 0 saturated carbocycles. The SMILES string of the molecule is NC1CC2CCC(C1)N2C(c1ccccc1)C(F)(F)F. The van der Waals surface area contributed by atoms with Gasteiger partial charge in [-0.05, 0) is 31.2 Å². The summed E-state index contributed by atoms with van der Waals surface area (Å²) in [5, 5.41) is 0. The number of nitrogens with two attached hydrogens (primary N) is 1. The van der Waals surface area contributed by atoms with E-state index in [1.54, 1.807) is 35.2 Å². The highest BCUT2D eigenvalue weighted by molar-refractivity contribution is 5.22. The van der Waals surface area contributed by atoms with Gasteiger partial charge in [-0.1, -0.05) is 30.3 Å². The van der Waals surface area contributed by atoms with Crippen LogP contribution in [0.1, 0.15) is 37.3 Å². The first kappa shape index (κ1) is 13.9. The van der Waals surface area contributed by atoms with Crippen molar-refractivity contribution in [1.29, 1.82) is 0 Å². The Labute approximate surface area is 116 Å². The van der Waals surface area contributed by atoms with E-state index in [0.717, 1.165) is 12.8 Å². The van der Waals surface area contributed by atoms with Crippen LogP contribution >= 0.6 is 0 Å². The van der Waals surface area contributed by atoms with Crippen LogP contribution in [0.15, 0.2) is 30.3 Å². The van der Waals surface area contributed by atoms with E-state index < -0.39 is 12.2 Å². The van der Waals surface area contributed by atoms with Crippen LogP contribution in [0.25, 0.3) is 0 Å². The minimum absolute atomic E-state index is 0.0319. The van der Waals surface area contributed by atoms with Crippen molar-refractivity contribution in [3.05, 3.63) is 35.9 Å². The van der Waals surface area contributed by atoms with Crippen LogP contribution in [0.4, 0.5) is 13.2 Å². The second-order valence-electron chi connectivity index (χ2n) is 5.92. The summed E-state index contributed by atoms with van der Waals surface area (Å²) >= 11 is 0. The van der Waals surface area contributed by atoms with Crippen molar-refractivity contribution in [2.45, 2.75) is 56.0 Å². The molecule has 0 radical (unpaired) electrons. The first-order chi connectivity index (χ1) is 9.47. The smallest absolute Gasteiger partial charge is 0.328 e. The number of benzene rings is 1. The fourth-order valence-electron chi connectivity index (χ4n) is 3.84.